The van der Waals surface area contributed by atoms with Gasteiger partial charge in [0.1, 0.15) is 0 Å². The van der Waals surface area contributed by atoms with Gasteiger partial charge in [0.25, 0.3) is 0 Å². The summed E-state index contributed by atoms with van der Waals surface area (Å²) in [6.07, 6.45) is 0.0945. The highest BCUT2D eigenvalue weighted by molar-refractivity contribution is 6.31. The summed E-state index contributed by atoms with van der Waals surface area (Å²) in [4.78, 5) is 38.9. The van der Waals surface area contributed by atoms with Gasteiger partial charge in [0.15, 0.2) is 0 Å². The van der Waals surface area contributed by atoms with Gasteiger partial charge in [-0.2, -0.15) is 0 Å². The highest BCUT2D eigenvalue weighted by atomic mass is 35.5. The Labute approximate surface area is 168 Å². The van der Waals surface area contributed by atoms with E-state index in [0.29, 0.717) is 16.4 Å². The number of nitrogens with one attached hydrogen (secondary N) is 1. The van der Waals surface area contributed by atoms with Crippen LogP contribution in [-0.4, -0.2) is 31.4 Å². The summed E-state index contributed by atoms with van der Waals surface area (Å²) in [5.74, 6) is -1.51. The van der Waals surface area contributed by atoms with Crippen LogP contribution in [0, 0.1) is 19.8 Å². The number of ether oxygens (including phenoxy) is 1. The molecule has 0 saturated carbocycles. The summed E-state index contributed by atoms with van der Waals surface area (Å²) in [5.41, 5.74) is 3.04. The van der Waals surface area contributed by atoms with E-state index in [-0.39, 0.29) is 30.3 Å². The molecular weight excluding hydrogens is 380 g/mol. The average molecular weight is 401 g/mol. The normalized spacial score (nSPS) is 16.2. The van der Waals surface area contributed by atoms with Crippen molar-refractivity contribution in [1.82, 2.24) is 0 Å². The molecule has 1 aliphatic heterocycles. The predicted molar refractivity (Wildman–Crippen MR) is 108 cm³/mol. The van der Waals surface area contributed by atoms with Crippen molar-refractivity contribution >= 4 is 40.8 Å². The number of esters is 1. The summed E-state index contributed by atoms with van der Waals surface area (Å²) in [7, 11) is 1.29. The van der Waals surface area contributed by atoms with Gasteiger partial charge in [0.2, 0.25) is 11.8 Å². The number of aryl methyl sites for hydroxylation is 2. The van der Waals surface area contributed by atoms with E-state index in [2.05, 4.69) is 5.32 Å². The van der Waals surface area contributed by atoms with E-state index in [1.807, 2.05) is 13.0 Å². The van der Waals surface area contributed by atoms with Gasteiger partial charge < -0.3 is 15.0 Å². The highest BCUT2D eigenvalue weighted by Gasteiger charge is 2.36. The number of para-hydroxylation sites is 1. The number of carbonyl (C=O) groups is 3. The van der Waals surface area contributed by atoms with Crippen LogP contribution in [0.15, 0.2) is 36.4 Å². The van der Waals surface area contributed by atoms with Crippen LogP contribution in [-0.2, 0) is 14.3 Å². The van der Waals surface area contributed by atoms with Crippen molar-refractivity contribution in [2.24, 2.45) is 5.92 Å². The van der Waals surface area contributed by atoms with Gasteiger partial charge in [0, 0.05) is 23.7 Å². The van der Waals surface area contributed by atoms with Crippen molar-refractivity contribution in [3.63, 3.8) is 0 Å². The van der Waals surface area contributed by atoms with Crippen molar-refractivity contribution in [3.8, 4) is 0 Å². The molecule has 0 aromatic heterocycles. The minimum absolute atomic E-state index is 0.0945. The quantitative estimate of drug-likeness (QED) is 0.793. The zero-order valence-electron chi connectivity index (χ0n) is 15.9. The first kappa shape index (κ1) is 19.9. The van der Waals surface area contributed by atoms with Crippen LogP contribution in [0.4, 0.5) is 11.4 Å². The van der Waals surface area contributed by atoms with Crippen LogP contribution < -0.4 is 10.2 Å². The van der Waals surface area contributed by atoms with Crippen molar-refractivity contribution in [2.45, 2.75) is 20.3 Å². The molecule has 7 heteroatoms. The van der Waals surface area contributed by atoms with E-state index in [1.54, 1.807) is 42.2 Å². The van der Waals surface area contributed by atoms with Crippen molar-refractivity contribution < 1.29 is 19.1 Å². The van der Waals surface area contributed by atoms with Crippen LogP contribution in [0.5, 0.6) is 0 Å². The van der Waals surface area contributed by atoms with E-state index in [0.717, 1.165) is 11.1 Å². The summed E-state index contributed by atoms with van der Waals surface area (Å²) in [5, 5.41) is 3.34. The molecule has 1 N–H and O–H groups in total. The molecule has 0 aliphatic carbocycles. The monoisotopic (exact) mass is 400 g/mol. The maximum atomic E-state index is 12.8. The molecule has 0 bridgehead atoms. The van der Waals surface area contributed by atoms with Crippen LogP contribution in [0.3, 0.4) is 0 Å². The zero-order chi connectivity index (χ0) is 20.4. The molecular formula is C21H21ClN2O4. The second kappa shape index (κ2) is 8.02. The van der Waals surface area contributed by atoms with Crippen molar-refractivity contribution in [1.29, 1.82) is 0 Å². The lowest BCUT2D eigenvalue weighted by atomic mass is 10.0. The Morgan fingerprint density at radius 2 is 1.93 bits per heavy atom. The SMILES string of the molecule is COC(=O)c1cccc(C)c1NC(=O)C1CC(=O)N(c2cc(Cl)ccc2C)C1. The molecule has 146 valence electrons. The van der Waals surface area contributed by atoms with Gasteiger partial charge in [-0.1, -0.05) is 29.8 Å². The van der Waals surface area contributed by atoms with Gasteiger partial charge in [-0.3, -0.25) is 9.59 Å². The number of hydrogen-bond acceptors (Lipinski definition) is 4. The maximum absolute atomic E-state index is 12.8. The number of nitrogens with zero attached hydrogens (tertiary/aromatic N) is 1. The van der Waals surface area contributed by atoms with Crippen LogP contribution in [0.1, 0.15) is 27.9 Å². The Balaban J connectivity index is 1.81. The molecule has 2 aromatic carbocycles. The van der Waals surface area contributed by atoms with Crippen LogP contribution in [0.25, 0.3) is 0 Å². The topological polar surface area (TPSA) is 75.7 Å². The lowest BCUT2D eigenvalue weighted by Crippen LogP contribution is -2.29. The van der Waals surface area contributed by atoms with Gasteiger partial charge in [-0.25, -0.2) is 4.79 Å². The minimum atomic E-state index is -0.531. The third-order valence-electron chi connectivity index (χ3n) is 4.88. The fraction of sp³-hybridized carbons (Fsp3) is 0.286. The number of carbonyl (C=O) groups excluding carboxylic acids is 3. The Morgan fingerprint density at radius 1 is 1.18 bits per heavy atom. The number of hydrogen-bond donors (Lipinski definition) is 1. The maximum Gasteiger partial charge on any atom is 0.339 e. The van der Waals surface area contributed by atoms with E-state index < -0.39 is 11.9 Å². The largest absolute Gasteiger partial charge is 0.465 e. The Hall–Kier alpha value is -2.86. The summed E-state index contributed by atoms with van der Waals surface area (Å²) in [6.45, 7) is 3.94. The van der Waals surface area contributed by atoms with E-state index >= 15 is 0 Å². The van der Waals surface area contributed by atoms with Crippen LogP contribution >= 0.6 is 11.6 Å². The molecule has 2 amide bonds. The number of halogens is 1. The predicted octanol–water partition coefficient (Wildman–Crippen LogP) is 3.74. The third kappa shape index (κ3) is 3.87. The second-order valence-electron chi connectivity index (χ2n) is 6.81. The molecule has 0 spiro atoms. The first-order valence-electron chi connectivity index (χ1n) is 8.87. The minimum Gasteiger partial charge on any atom is -0.465 e. The molecule has 2 aromatic rings. The molecule has 1 unspecified atom stereocenters. The standard InChI is InChI=1S/C21H21ClN2O4/c1-12-7-8-15(22)10-17(12)24-11-14(9-18(24)25)20(26)23-19-13(2)5-4-6-16(19)21(27)28-3/h4-8,10,14H,9,11H2,1-3H3,(H,23,26). The average Bonchev–Trinajstić information content (AvgIpc) is 3.06. The zero-order valence-corrected chi connectivity index (χ0v) is 16.7. The Kier molecular flexibility index (Phi) is 5.70. The highest BCUT2D eigenvalue weighted by Crippen LogP contribution is 2.31. The smallest absolute Gasteiger partial charge is 0.339 e. The van der Waals surface area contributed by atoms with E-state index in [9.17, 15) is 14.4 Å². The first-order chi connectivity index (χ1) is 13.3. The van der Waals surface area contributed by atoms with Gasteiger partial charge >= 0.3 is 5.97 Å². The molecule has 1 atom stereocenters. The Morgan fingerprint density at radius 3 is 2.64 bits per heavy atom. The van der Waals surface area contributed by atoms with Gasteiger partial charge in [-0.05, 0) is 43.2 Å². The van der Waals surface area contributed by atoms with Gasteiger partial charge in [0.05, 0.1) is 24.3 Å². The molecule has 0 radical (unpaired) electrons. The molecule has 1 fully saturated rings. The Bertz CT molecular complexity index is 957. The third-order valence-corrected chi connectivity index (χ3v) is 5.12. The van der Waals surface area contributed by atoms with E-state index in [1.165, 1.54) is 7.11 Å². The first-order valence-corrected chi connectivity index (χ1v) is 9.25. The number of methoxy groups -OCH3 is 1. The van der Waals surface area contributed by atoms with Crippen molar-refractivity contribution in [3.05, 3.63) is 58.1 Å². The molecule has 1 heterocycles. The molecule has 3 rings (SSSR count). The summed E-state index contributed by atoms with van der Waals surface area (Å²) in [6, 6.07) is 10.4. The lowest BCUT2D eigenvalue weighted by Gasteiger charge is -2.20. The molecule has 6 nitrogen and oxygen atoms in total. The van der Waals surface area contributed by atoms with Crippen LogP contribution in [0.2, 0.25) is 5.02 Å². The lowest BCUT2D eigenvalue weighted by molar-refractivity contribution is -0.122. The molecule has 28 heavy (non-hydrogen) atoms. The fourth-order valence-electron chi connectivity index (χ4n) is 3.33. The van der Waals surface area contributed by atoms with E-state index in [4.69, 9.17) is 16.3 Å². The molecule has 1 aliphatic rings. The summed E-state index contributed by atoms with van der Waals surface area (Å²) >= 11 is 6.07. The number of benzene rings is 2. The number of amides is 2. The fourth-order valence-corrected chi connectivity index (χ4v) is 3.49. The second-order valence-corrected chi connectivity index (χ2v) is 7.25. The summed E-state index contributed by atoms with van der Waals surface area (Å²) < 4.78 is 4.79. The van der Waals surface area contributed by atoms with Gasteiger partial charge in [-0.15, -0.1) is 0 Å². The molecule has 1 saturated heterocycles. The van der Waals surface area contributed by atoms with Crippen molar-refractivity contribution in [2.75, 3.05) is 23.9 Å². The number of anilines is 2. The number of rotatable bonds is 4.